The van der Waals surface area contributed by atoms with E-state index in [0.29, 0.717) is 18.1 Å². The number of amides is 1. The fraction of sp³-hybridized carbons (Fsp3) is 0.0526. The van der Waals surface area contributed by atoms with Gasteiger partial charge >= 0.3 is 0 Å². The molecule has 0 bridgehead atoms. The second-order valence-electron chi connectivity index (χ2n) is 5.58. The van der Waals surface area contributed by atoms with Crippen LogP contribution in [0, 0.1) is 0 Å². The van der Waals surface area contributed by atoms with E-state index in [4.69, 9.17) is 4.42 Å². The normalized spacial score (nSPS) is 10.6. The quantitative estimate of drug-likeness (QED) is 0.601. The Balaban J connectivity index is 1.44. The molecule has 1 aromatic carbocycles. The van der Waals surface area contributed by atoms with Gasteiger partial charge in [0.05, 0.1) is 6.26 Å². The first-order valence-electron chi connectivity index (χ1n) is 8.02. The number of hydrogen-bond acceptors (Lipinski definition) is 5. The summed E-state index contributed by atoms with van der Waals surface area (Å²) in [6.07, 6.45) is 6.23. The molecule has 0 saturated heterocycles. The summed E-state index contributed by atoms with van der Waals surface area (Å²) in [5, 5.41) is 6.88. The van der Waals surface area contributed by atoms with Gasteiger partial charge < -0.3 is 9.73 Å². The number of furan rings is 1. The Kier molecular flexibility index (Phi) is 4.26. The Morgan fingerprint density at radius 1 is 1.12 bits per heavy atom. The van der Waals surface area contributed by atoms with Gasteiger partial charge in [-0.25, -0.2) is 14.6 Å². The molecule has 3 heterocycles. The first-order valence-corrected chi connectivity index (χ1v) is 8.02. The predicted octanol–water partition coefficient (Wildman–Crippen LogP) is 2.85. The molecule has 0 fully saturated rings. The molecule has 128 valence electrons. The second kappa shape index (κ2) is 7.02. The summed E-state index contributed by atoms with van der Waals surface area (Å²) in [7, 11) is 0. The molecule has 0 atom stereocenters. The van der Waals surface area contributed by atoms with Crippen molar-refractivity contribution in [3.8, 4) is 16.9 Å². The summed E-state index contributed by atoms with van der Waals surface area (Å²) >= 11 is 0. The molecule has 1 N–H and O–H groups in total. The van der Waals surface area contributed by atoms with Crippen molar-refractivity contribution in [2.45, 2.75) is 6.54 Å². The first-order chi connectivity index (χ1) is 12.8. The Morgan fingerprint density at radius 2 is 2.00 bits per heavy atom. The molecule has 0 spiro atoms. The minimum Gasteiger partial charge on any atom is -0.459 e. The van der Waals surface area contributed by atoms with Gasteiger partial charge in [-0.2, -0.15) is 5.10 Å². The van der Waals surface area contributed by atoms with E-state index in [1.54, 1.807) is 23.3 Å². The summed E-state index contributed by atoms with van der Waals surface area (Å²) in [6.45, 7) is 0.346. The third-order valence-electron chi connectivity index (χ3n) is 3.87. The molecule has 0 saturated carbocycles. The van der Waals surface area contributed by atoms with Crippen molar-refractivity contribution >= 4 is 5.91 Å². The third-order valence-corrected chi connectivity index (χ3v) is 3.87. The van der Waals surface area contributed by atoms with Crippen molar-refractivity contribution in [1.29, 1.82) is 0 Å². The van der Waals surface area contributed by atoms with Crippen molar-refractivity contribution in [2.24, 2.45) is 0 Å². The summed E-state index contributed by atoms with van der Waals surface area (Å²) in [5.74, 6) is 0.688. The Hall–Kier alpha value is -3.74. The lowest BCUT2D eigenvalue weighted by Gasteiger charge is -2.06. The highest BCUT2D eigenvalue weighted by Gasteiger charge is 2.16. The zero-order chi connectivity index (χ0) is 17.8. The fourth-order valence-corrected chi connectivity index (χ4v) is 2.58. The lowest BCUT2D eigenvalue weighted by molar-refractivity contribution is 0.0924. The first kappa shape index (κ1) is 15.8. The molecule has 4 rings (SSSR count). The SMILES string of the molecule is O=C(NCc1ccc(-n2cncn2)nc1)c1occc1-c1ccccc1. The van der Waals surface area contributed by atoms with Gasteiger partial charge in [0.2, 0.25) is 0 Å². The van der Waals surface area contributed by atoms with E-state index in [9.17, 15) is 4.79 Å². The Labute approximate surface area is 149 Å². The van der Waals surface area contributed by atoms with Crippen molar-refractivity contribution in [1.82, 2.24) is 25.1 Å². The summed E-state index contributed by atoms with van der Waals surface area (Å²) < 4.78 is 6.96. The highest BCUT2D eigenvalue weighted by atomic mass is 16.3. The molecule has 26 heavy (non-hydrogen) atoms. The Bertz CT molecular complexity index is 992. The lowest BCUT2D eigenvalue weighted by Crippen LogP contribution is -2.23. The number of nitrogens with one attached hydrogen (secondary N) is 1. The molecule has 7 heteroatoms. The Morgan fingerprint density at radius 3 is 2.73 bits per heavy atom. The van der Waals surface area contributed by atoms with Crippen LogP contribution in [-0.4, -0.2) is 25.7 Å². The number of hydrogen-bond donors (Lipinski definition) is 1. The van der Waals surface area contributed by atoms with Crippen LogP contribution in [0.25, 0.3) is 16.9 Å². The van der Waals surface area contributed by atoms with E-state index in [0.717, 1.165) is 16.7 Å². The maximum Gasteiger partial charge on any atom is 0.287 e. The molecular weight excluding hydrogens is 330 g/mol. The highest BCUT2D eigenvalue weighted by Crippen LogP contribution is 2.24. The number of aromatic nitrogens is 4. The van der Waals surface area contributed by atoms with Gasteiger partial charge in [-0.05, 0) is 23.3 Å². The van der Waals surface area contributed by atoms with Gasteiger partial charge in [0.15, 0.2) is 11.6 Å². The zero-order valence-electron chi connectivity index (χ0n) is 13.7. The van der Waals surface area contributed by atoms with Crippen molar-refractivity contribution in [3.05, 3.63) is 85.0 Å². The van der Waals surface area contributed by atoms with Gasteiger partial charge in [-0.1, -0.05) is 36.4 Å². The topological polar surface area (TPSA) is 85.8 Å². The monoisotopic (exact) mass is 345 g/mol. The number of carbonyl (C=O) groups is 1. The van der Waals surface area contributed by atoms with E-state index < -0.39 is 0 Å². The van der Waals surface area contributed by atoms with Crippen LogP contribution in [0.15, 0.2) is 78.1 Å². The molecule has 0 aliphatic rings. The molecule has 0 aliphatic carbocycles. The largest absolute Gasteiger partial charge is 0.459 e. The van der Waals surface area contributed by atoms with Gasteiger partial charge in [0.1, 0.15) is 12.7 Å². The van der Waals surface area contributed by atoms with Crippen molar-refractivity contribution in [2.75, 3.05) is 0 Å². The maximum atomic E-state index is 12.5. The summed E-state index contributed by atoms with van der Waals surface area (Å²) in [6, 6.07) is 15.1. The molecular formula is C19H15N5O2. The molecule has 0 unspecified atom stereocenters. The van der Waals surface area contributed by atoms with E-state index in [1.807, 2.05) is 42.5 Å². The average Bonchev–Trinajstić information content (AvgIpc) is 3.39. The van der Waals surface area contributed by atoms with E-state index in [-0.39, 0.29) is 5.91 Å². The van der Waals surface area contributed by atoms with Crippen molar-refractivity contribution < 1.29 is 9.21 Å². The highest BCUT2D eigenvalue weighted by molar-refractivity contribution is 5.98. The van der Waals surface area contributed by atoms with Crippen LogP contribution in [0.4, 0.5) is 0 Å². The smallest absolute Gasteiger partial charge is 0.287 e. The summed E-state index contributed by atoms with van der Waals surface area (Å²) in [4.78, 5) is 20.7. The zero-order valence-corrected chi connectivity index (χ0v) is 13.7. The second-order valence-corrected chi connectivity index (χ2v) is 5.58. The van der Waals surface area contributed by atoms with E-state index in [1.165, 1.54) is 12.6 Å². The van der Waals surface area contributed by atoms with Crippen LogP contribution in [0.1, 0.15) is 16.1 Å². The average molecular weight is 345 g/mol. The number of carbonyl (C=O) groups excluding carboxylic acids is 1. The predicted molar refractivity (Wildman–Crippen MR) is 94.5 cm³/mol. The van der Waals surface area contributed by atoms with Crippen LogP contribution in [0.5, 0.6) is 0 Å². The maximum absolute atomic E-state index is 12.5. The molecule has 4 aromatic rings. The number of nitrogens with zero attached hydrogens (tertiary/aromatic N) is 4. The van der Waals surface area contributed by atoms with Gasteiger partial charge in [-0.15, -0.1) is 0 Å². The van der Waals surface area contributed by atoms with Gasteiger partial charge in [0, 0.05) is 18.3 Å². The minimum absolute atomic E-state index is 0.269. The molecule has 0 aliphatic heterocycles. The number of pyridine rings is 1. The molecule has 0 radical (unpaired) electrons. The van der Waals surface area contributed by atoms with Crippen LogP contribution in [0.3, 0.4) is 0 Å². The molecule has 7 nitrogen and oxygen atoms in total. The number of rotatable bonds is 5. The van der Waals surface area contributed by atoms with E-state index >= 15 is 0 Å². The lowest BCUT2D eigenvalue weighted by atomic mass is 10.1. The minimum atomic E-state index is -0.269. The van der Waals surface area contributed by atoms with Crippen LogP contribution < -0.4 is 5.32 Å². The molecule has 1 amide bonds. The summed E-state index contributed by atoms with van der Waals surface area (Å²) in [5.41, 5.74) is 2.57. The molecule has 3 aromatic heterocycles. The standard InChI is InChI=1S/C19H15N5O2/c25-19(18-16(8-9-26-18)15-4-2-1-3-5-15)22-11-14-6-7-17(21-10-14)24-13-20-12-23-24/h1-10,12-13H,11H2,(H,22,25). The van der Waals surface area contributed by atoms with E-state index in [2.05, 4.69) is 20.4 Å². The van der Waals surface area contributed by atoms with Gasteiger partial charge in [0.25, 0.3) is 5.91 Å². The third kappa shape index (κ3) is 3.23. The fourth-order valence-electron chi connectivity index (χ4n) is 2.58. The van der Waals surface area contributed by atoms with Crippen molar-refractivity contribution in [3.63, 3.8) is 0 Å². The van der Waals surface area contributed by atoms with Crippen LogP contribution in [0.2, 0.25) is 0 Å². The van der Waals surface area contributed by atoms with Gasteiger partial charge in [-0.3, -0.25) is 4.79 Å². The number of benzene rings is 1. The van der Waals surface area contributed by atoms with Crippen LogP contribution in [-0.2, 0) is 6.54 Å². The van der Waals surface area contributed by atoms with Crippen LogP contribution >= 0.6 is 0 Å².